The average molecular weight is 262 g/mol. The van der Waals surface area contributed by atoms with Crippen LogP contribution in [0.15, 0.2) is 23.1 Å². The molecule has 0 saturated heterocycles. The van der Waals surface area contributed by atoms with E-state index in [9.17, 15) is 0 Å². The lowest BCUT2D eigenvalue weighted by Crippen LogP contribution is -2.13. The monoisotopic (exact) mass is 261 g/mol. The second kappa shape index (κ2) is 8.74. The minimum absolute atomic E-state index is 0. The van der Waals surface area contributed by atoms with Crippen LogP contribution in [0.5, 0.6) is 5.75 Å². The highest BCUT2D eigenvalue weighted by Crippen LogP contribution is 2.28. The van der Waals surface area contributed by atoms with Crippen molar-refractivity contribution in [3.63, 3.8) is 0 Å². The molecule has 0 saturated carbocycles. The molecule has 0 bridgehead atoms. The van der Waals surface area contributed by atoms with Crippen molar-refractivity contribution in [2.75, 3.05) is 19.9 Å². The van der Waals surface area contributed by atoms with Gasteiger partial charge in [0.05, 0.1) is 7.11 Å². The molecule has 1 rings (SSSR count). The van der Waals surface area contributed by atoms with Gasteiger partial charge in [0.15, 0.2) is 0 Å². The molecule has 92 valence electrons. The van der Waals surface area contributed by atoms with Crippen LogP contribution in [-0.4, -0.2) is 19.9 Å². The van der Waals surface area contributed by atoms with Crippen molar-refractivity contribution in [3.8, 4) is 5.75 Å². The average Bonchev–Trinajstić information content (AvgIpc) is 2.29. The van der Waals surface area contributed by atoms with Crippen molar-refractivity contribution in [3.05, 3.63) is 23.8 Å². The normalized spacial score (nSPS) is 9.69. The predicted molar refractivity (Wildman–Crippen MR) is 74.0 cm³/mol. The fourth-order valence-electron chi connectivity index (χ4n) is 1.40. The Morgan fingerprint density at radius 3 is 2.69 bits per heavy atom. The van der Waals surface area contributed by atoms with E-state index in [0.29, 0.717) is 0 Å². The zero-order valence-corrected chi connectivity index (χ0v) is 11.7. The number of hydrogen-bond acceptors (Lipinski definition) is 3. The van der Waals surface area contributed by atoms with Crippen molar-refractivity contribution in [1.82, 2.24) is 5.32 Å². The Labute approximate surface area is 109 Å². The van der Waals surface area contributed by atoms with Crippen molar-refractivity contribution in [2.24, 2.45) is 0 Å². The fraction of sp³-hybridized carbons (Fsp3) is 0.500. The van der Waals surface area contributed by atoms with E-state index < -0.39 is 0 Å². The van der Waals surface area contributed by atoms with Crippen LogP contribution in [0.2, 0.25) is 0 Å². The second-order valence-corrected chi connectivity index (χ2v) is 4.21. The minimum Gasteiger partial charge on any atom is -0.496 e. The summed E-state index contributed by atoms with van der Waals surface area (Å²) in [5.74, 6) is 0.971. The molecule has 0 aliphatic heterocycles. The summed E-state index contributed by atoms with van der Waals surface area (Å²) in [6, 6.07) is 6.37. The van der Waals surface area contributed by atoms with E-state index in [-0.39, 0.29) is 12.4 Å². The maximum atomic E-state index is 5.33. The summed E-state index contributed by atoms with van der Waals surface area (Å²) in [6.07, 6.45) is 3.23. The topological polar surface area (TPSA) is 21.3 Å². The maximum Gasteiger partial charge on any atom is 0.132 e. The van der Waals surface area contributed by atoms with Crippen LogP contribution >= 0.6 is 24.2 Å². The van der Waals surface area contributed by atoms with Crippen LogP contribution < -0.4 is 10.1 Å². The number of benzene rings is 1. The fourth-order valence-corrected chi connectivity index (χ4v) is 1.95. The highest BCUT2D eigenvalue weighted by molar-refractivity contribution is 7.98. The summed E-state index contributed by atoms with van der Waals surface area (Å²) in [4.78, 5) is 1.19. The Bertz CT molecular complexity index is 307. The number of thioether (sulfide) groups is 1. The molecule has 1 aromatic rings. The summed E-state index contributed by atoms with van der Waals surface area (Å²) >= 11 is 1.71. The van der Waals surface area contributed by atoms with Gasteiger partial charge in [-0.2, -0.15) is 0 Å². The third-order valence-corrected chi connectivity index (χ3v) is 2.98. The zero-order valence-electron chi connectivity index (χ0n) is 10.1. The minimum atomic E-state index is 0. The zero-order chi connectivity index (χ0) is 11.1. The number of methoxy groups -OCH3 is 1. The molecule has 1 N–H and O–H groups in total. The molecular formula is C12H20ClNOS. The molecular weight excluding hydrogens is 242 g/mol. The van der Waals surface area contributed by atoms with E-state index in [1.54, 1.807) is 18.9 Å². The maximum absolute atomic E-state index is 5.33. The first kappa shape index (κ1) is 15.6. The van der Waals surface area contributed by atoms with E-state index in [0.717, 1.165) is 18.8 Å². The van der Waals surface area contributed by atoms with Gasteiger partial charge in [-0.1, -0.05) is 13.0 Å². The first-order chi connectivity index (χ1) is 7.31. The molecule has 0 aromatic heterocycles. The Kier molecular flexibility index (Phi) is 8.53. The first-order valence-corrected chi connectivity index (χ1v) is 6.46. The van der Waals surface area contributed by atoms with Gasteiger partial charge in [-0.15, -0.1) is 24.2 Å². The van der Waals surface area contributed by atoms with Gasteiger partial charge in [0, 0.05) is 11.4 Å². The van der Waals surface area contributed by atoms with Gasteiger partial charge in [-0.3, -0.25) is 0 Å². The number of ether oxygens (including phenoxy) is 1. The predicted octanol–water partition coefficient (Wildman–Crippen LogP) is 3.34. The van der Waals surface area contributed by atoms with Crippen LogP contribution in [0.25, 0.3) is 0 Å². The van der Waals surface area contributed by atoms with Crippen molar-refractivity contribution >= 4 is 24.2 Å². The van der Waals surface area contributed by atoms with Gasteiger partial charge in [0.1, 0.15) is 5.75 Å². The Morgan fingerprint density at radius 1 is 1.38 bits per heavy atom. The quantitative estimate of drug-likeness (QED) is 0.627. The number of nitrogens with one attached hydrogen (secondary N) is 1. The molecule has 0 radical (unpaired) electrons. The van der Waals surface area contributed by atoms with Gasteiger partial charge in [-0.25, -0.2) is 0 Å². The smallest absolute Gasteiger partial charge is 0.132 e. The standard InChI is InChI=1S/C12H19NOS.ClH/c1-4-7-13-9-10-5-6-12(15-3)11(8-10)14-2;/h5-6,8,13H,4,7,9H2,1-3H3;1H. The SMILES string of the molecule is CCCNCc1ccc(SC)c(OC)c1.Cl. The molecule has 0 fully saturated rings. The highest BCUT2D eigenvalue weighted by Gasteiger charge is 2.02. The third kappa shape index (κ3) is 4.64. The van der Waals surface area contributed by atoms with Crippen LogP contribution in [0.4, 0.5) is 0 Å². The van der Waals surface area contributed by atoms with Gasteiger partial charge in [-0.05, 0) is 36.9 Å². The van der Waals surface area contributed by atoms with Crippen molar-refractivity contribution in [1.29, 1.82) is 0 Å². The molecule has 2 nitrogen and oxygen atoms in total. The summed E-state index contributed by atoms with van der Waals surface area (Å²) in [7, 11) is 1.72. The lowest BCUT2D eigenvalue weighted by molar-refractivity contribution is 0.404. The van der Waals surface area contributed by atoms with E-state index in [2.05, 4.69) is 36.7 Å². The van der Waals surface area contributed by atoms with E-state index in [1.165, 1.54) is 16.9 Å². The molecule has 4 heteroatoms. The van der Waals surface area contributed by atoms with Crippen molar-refractivity contribution in [2.45, 2.75) is 24.8 Å². The largest absolute Gasteiger partial charge is 0.496 e. The summed E-state index contributed by atoms with van der Waals surface area (Å²) in [6.45, 7) is 4.15. The third-order valence-electron chi connectivity index (χ3n) is 2.20. The Hall–Kier alpha value is -0.380. The Balaban J connectivity index is 0.00000225. The summed E-state index contributed by atoms with van der Waals surface area (Å²) < 4.78 is 5.33. The molecule has 1 aromatic carbocycles. The molecule has 0 aliphatic rings. The molecule has 0 atom stereocenters. The first-order valence-electron chi connectivity index (χ1n) is 5.23. The molecule has 0 heterocycles. The van der Waals surface area contributed by atoms with E-state index >= 15 is 0 Å². The van der Waals surface area contributed by atoms with Gasteiger partial charge < -0.3 is 10.1 Å². The van der Waals surface area contributed by atoms with Crippen LogP contribution in [0, 0.1) is 0 Å². The lowest BCUT2D eigenvalue weighted by Gasteiger charge is -2.09. The number of hydrogen-bond donors (Lipinski definition) is 1. The Morgan fingerprint density at radius 2 is 2.12 bits per heavy atom. The molecule has 16 heavy (non-hydrogen) atoms. The molecule has 0 spiro atoms. The second-order valence-electron chi connectivity index (χ2n) is 3.37. The van der Waals surface area contributed by atoms with Crippen LogP contribution in [0.1, 0.15) is 18.9 Å². The summed E-state index contributed by atoms with van der Waals surface area (Å²) in [5, 5.41) is 3.38. The highest BCUT2D eigenvalue weighted by atomic mass is 35.5. The van der Waals surface area contributed by atoms with Gasteiger partial charge in [0.25, 0.3) is 0 Å². The van der Waals surface area contributed by atoms with E-state index in [1.807, 2.05) is 0 Å². The van der Waals surface area contributed by atoms with Gasteiger partial charge >= 0.3 is 0 Å². The molecule has 0 unspecified atom stereocenters. The van der Waals surface area contributed by atoms with Crippen LogP contribution in [-0.2, 0) is 6.54 Å². The summed E-state index contributed by atoms with van der Waals surface area (Å²) in [5.41, 5.74) is 1.28. The number of rotatable bonds is 6. The van der Waals surface area contributed by atoms with Crippen molar-refractivity contribution < 1.29 is 4.74 Å². The van der Waals surface area contributed by atoms with Gasteiger partial charge in [0.2, 0.25) is 0 Å². The lowest BCUT2D eigenvalue weighted by atomic mass is 10.2. The van der Waals surface area contributed by atoms with Crippen LogP contribution in [0.3, 0.4) is 0 Å². The molecule has 0 amide bonds. The van der Waals surface area contributed by atoms with E-state index in [4.69, 9.17) is 4.74 Å². The number of halogens is 1. The molecule has 0 aliphatic carbocycles.